The minimum absolute atomic E-state index is 0.00137. The molecule has 0 spiro atoms. The first-order valence-electron chi connectivity index (χ1n) is 8.30. The predicted molar refractivity (Wildman–Crippen MR) is 82.8 cm³/mol. The van der Waals surface area contributed by atoms with E-state index in [2.05, 4.69) is 9.88 Å². The zero-order valence-corrected chi connectivity index (χ0v) is 13.0. The summed E-state index contributed by atoms with van der Waals surface area (Å²) in [7, 11) is 0. The fourth-order valence-electron chi connectivity index (χ4n) is 3.81. The van der Waals surface area contributed by atoms with Crippen molar-refractivity contribution >= 4 is 11.6 Å². The molecule has 2 aliphatic heterocycles. The Bertz CT molecular complexity index is 659. The number of rotatable bonds is 3. The van der Waals surface area contributed by atoms with Crippen LogP contribution in [0.5, 0.6) is 0 Å². The molecule has 1 aromatic rings. The number of likely N-dealkylation sites (tertiary alicyclic amines) is 1. The third-order valence-electron chi connectivity index (χ3n) is 5.14. The summed E-state index contributed by atoms with van der Waals surface area (Å²) >= 11 is 0. The van der Waals surface area contributed by atoms with Gasteiger partial charge in [-0.2, -0.15) is 0 Å². The molecule has 1 atom stereocenters. The van der Waals surface area contributed by atoms with Crippen LogP contribution in [-0.2, 0) is 17.8 Å². The number of hydrogen-bond donors (Lipinski definition) is 0. The van der Waals surface area contributed by atoms with E-state index in [4.69, 9.17) is 0 Å². The molecule has 0 N–H and O–H groups in total. The standard InChI is InChI=1S/C16H20N4O3/c21-16(15-2-1-6-19(15)12-3-4-12)18-7-5-14-11(10-18)8-13(9-17-14)20(22)23/h8-9,12,15H,1-7,10H2. The number of nitro groups is 1. The first-order chi connectivity index (χ1) is 11.1. The molecule has 4 rings (SSSR count). The molecule has 3 aliphatic rings. The van der Waals surface area contributed by atoms with Crippen molar-refractivity contribution < 1.29 is 9.72 Å². The Morgan fingerprint density at radius 2 is 2.13 bits per heavy atom. The molecule has 1 saturated carbocycles. The van der Waals surface area contributed by atoms with Crippen LogP contribution in [0.25, 0.3) is 0 Å². The van der Waals surface area contributed by atoms with Gasteiger partial charge in [0.1, 0.15) is 6.20 Å². The van der Waals surface area contributed by atoms with E-state index < -0.39 is 4.92 Å². The van der Waals surface area contributed by atoms with E-state index in [9.17, 15) is 14.9 Å². The molecule has 23 heavy (non-hydrogen) atoms. The maximum absolute atomic E-state index is 12.9. The van der Waals surface area contributed by atoms with Crippen LogP contribution in [0.3, 0.4) is 0 Å². The van der Waals surface area contributed by atoms with Crippen molar-refractivity contribution in [2.45, 2.75) is 50.7 Å². The summed E-state index contributed by atoms with van der Waals surface area (Å²) < 4.78 is 0. The number of pyridine rings is 1. The van der Waals surface area contributed by atoms with E-state index in [1.807, 2.05) is 4.90 Å². The van der Waals surface area contributed by atoms with E-state index in [1.165, 1.54) is 19.0 Å². The van der Waals surface area contributed by atoms with Crippen molar-refractivity contribution in [3.8, 4) is 0 Å². The van der Waals surface area contributed by atoms with Gasteiger partial charge in [0, 0.05) is 37.3 Å². The Morgan fingerprint density at radius 3 is 2.87 bits per heavy atom. The van der Waals surface area contributed by atoms with Gasteiger partial charge < -0.3 is 4.90 Å². The van der Waals surface area contributed by atoms with Gasteiger partial charge in [0.05, 0.1) is 11.0 Å². The number of nitrogens with zero attached hydrogens (tertiary/aromatic N) is 4. The Kier molecular flexibility index (Phi) is 3.52. The summed E-state index contributed by atoms with van der Waals surface area (Å²) in [6.07, 6.45) is 6.43. The van der Waals surface area contributed by atoms with Crippen LogP contribution in [0.15, 0.2) is 12.3 Å². The highest BCUT2D eigenvalue weighted by molar-refractivity contribution is 5.82. The van der Waals surface area contributed by atoms with Crippen LogP contribution in [0.4, 0.5) is 5.69 Å². The molecule has 1 aromatic heterocycles. The van der Waals surface area contributed by atoms with Crippen LogP contribution in [0, 0.1) is 10.1 Å². The highest BCUT2D eigenvalue weighted by atomic mass is 16.6. The number of carbonyl (C=O) groups is 1. The van der Waals surface area contributed by atoms with E-state index >= 15 is 0 Å². The minimum Gasteiger partial charge on any atom is -0.337 e. The van der Waals surface area contributed by atoms with Gasteiger partial charge in [-0.15, -0.1) is 0 Å². The highest BCUT2D eigenvalue weighted by Crippen LogP contribution is 2.34. The third-order valence-corrected chi connectivity index (χ3v) is 5.14. The smallest absolute Gasteiger partial charge is 0.287 e. The molecule has 0 radical (unpaired) electrons. The summed E-state index contributed by atoms with van der Waals surface area (Å²) in [5, 5.41) is 10.9. The zero-order chi connectivity index (χ0) is 16.0. The molecule has 122 valence electrons. The van der Waals surface area contributed by atoms with Crippen molar-refractivity contribution in [2.75, 3.05) is 13.1 Å². The van der Waals surface area contributed by atoms with Crippen molar-refractivity contribution in [2.24, 2.45) is 0 Å². The Balaban J connectivity index is 1.51. The van der Waals surface area contributed by atoms with E-state index in [0.717, 1.165) is 30.6 Å². The van der Waals surface area contributed by atoms with Crippen LogP contribution < -0.4 is 0 Å². The molecular formula is C16H20N4O3. The molecule has 7 heteroatoms. The zero-order valence-electron chi connectivity index (χ0n) is 13.0. The monoisotopic (exact) mass is 316 g/mol. The molecule has 3 heterocycles. The minimum atomic E-state index is -0.431. The molecular weight excluding hydrogens is 296 g/mol. The van der Waals surface area contributed by atoms with Gasteiger partial charge >= 0.3 is 0 Å². The Hall–Kier alpha value is -2.02. The van der Waals surface area contributed by atoms with Crippen LogP contribution in [-0.4, -0.2) is 50.8 Å². The van der Waals surface area contributed by atoms with Gasteiger partial charge in [-0.1, -0.05) is 0 Å². The predicted octanol–water partition coefficient (Wildman–Crippen LogP) is 1.50. The lowest BCUT2D eigenvalue weighted by Crippen LogP contribution is -2.48. The van der Waals surface area contributed by atoms with Crippen LogP contribution in [0.1, 0.15) is 36.9 Å². The van der Waals surface area contributed by atoms with Crippen molar-refractivity contribution in [3.05, 3.63) is 33.6 Å². The largest absolute Gasteiger partial charge is 0.337 e. The van der Waals surface area contributed by atoms with Gasteiger partial charge in [0.25, 0.3) is 5.69 Å². The average Bonchev–Trinajstić information content (AvgIpc) is 3.30. The van der Waals surface area contributed by atoms with Crippen molar-refractivity contribution in [1.29, 1.82) is 0 Å². The van der Waals surface area contributed by atoms with E-state index in [1.54, 1.807) is 6.07 Å². The summed E-state index contributed by atoms with van der Waals surface area (Å²) in [4.78, 5) is 31.8. The van der Waals surface area contributed by atoms with Gasteiger partial charge in [-0.25, -0.2) is 0 Å². The molecule has 1 amide bonds. The topological polar surface area (TPSA) is 79.6 Å². The quantitative estimate of drug-likeness (QED) is 0.623. The maximum Gasteiger partial charge on any atom is 0.287 e. The molecule has 1 unspecified atom stereocenters. The lowest BCUT2D eigenvalue weighted by atomic mass is 10.0. The van der Waals surface area contributed by atoms with E-state index in [0.29, 0.717) is 25.6 Å². The first kappa shape index (κ1) is 14.6. The number of aromatic nitrogens is 1. The number of hydrogen-bond acceptors (Lipinski definition) is 5. The molecule has 1 aliphatic carbocycles. The van der Waals surface area contributed by atoms with Gasteiger partial charge in [0.15, 0.2) is 0 Å². The highest BCUT2D eigenvalue weighted by Gasteiger charge is 2.41. The fraction of sp³-hybridized carbons (Fsp3) is 0.625. The first-order valence-corrected chi connectivity index (χ1v) is 8.30. The SMILES string of the molecule is O=C(C1CCCN1C1CC1)N1CCc2ncc([N+](=O)[O-])cc2C1. The average molecular weight is 316 g/mol. The van der Waals surface area contributed by atoms with Gasteiger partial charge in [0.2, 0.25) is 5.91 Å². The molecule has 0 aromatic carbocycles. The second-order valence-corrected chi connectivity index (χ2v) is 6.69. The normalized spacial score (nSPS) is 24.5. The second kappa shape index (κ2) is 5.56. The van der Waals surface area contributed by atoms with Crippen molar-refractivity contribution in [1.82, 2.24) is 14.8 Å². The van der Waals surface area contributed by atoms with Gasteiger partial charge in [-0.3, -0.25) is 24.8 Å². The number of fused-ring (bicyclic) bond motifs is 1. The lowest BCUT2D eigenvalue weighted by Gasteiger charge is -2.33. The number of amides is 1. The molecule has 0 bridgehead atoms. The maximum atomic E-state index is 12.9. The lowest BCUT2D eigenvalue weighted by molar-refractivity contribution is -0.385. The van der Waals surface area contributed by atoms with E-state index in [-0.39, 0.29) is 17.6 Å². The molecule has 7 nitrogen and oxygen atoms in total. The van der Waals surface area contributed by atoms with Crippen molar-refractivity contribution in [3.63, 3.8) is 0 Å². The summed E-state index contributed by atoms with van der Waals surface area (Å²) in [5.74, 6) is 0.187. The Labute approximate surface area is 134 Å². The van der Waals surface area contributed by atoms with Crippen LogP contribution >= 0.6 is 0 Å². The molecule has 2 fully saturated rings. The molecule has 1 saturated heterocycles. The number of carbonyl (C=O) groups excluding carboxylic acids is 1. The third kappa shape index (κ3) is 2.69. The summed E-state index contributed by atoms with van der Waals surface area (Å²) in [6, 6.07) is 2.18. The second-order valence-electron chi connectivity index (χ2n) is 6.69. The fourth-order valence-corrected chi connectivity index (χ4v) is 3.81. The van der Waals surface area contributed by atoms with Crippen LogP contribution in [0.2, 0.25) is 0 Å². The summed E-state index contributed by atoms with van der Waals surface area (Å²) in [5.41, 5.74) is 1.69. The van der Waals surface area contributed by atoms with Gasteiger partial charge in [-0.05, 0) is 37.8 Å². The Morgan fingerprint density at radius 1 is 1.30 bits per heavy atom. The summed E-state index contributed by atoms with van der Waals surface area (Å²) in [6.45, 7) is 2.13.